The van der Waals surface area contributed by atoms with Gasteiger partial charge in [0.15, 0.2) is 5.82 Å². The molecular formula is C18H20F2N4O2S. The van der Waals surface area contributed by atoms with E-state index in [0.29, 0.717) is 43.0 Å². The van der Waals surface area contributed by atoms with E-state index in [4.69, 9.17) is 4.74 Å². The van der Waals surface area contributed by atoms with E-state index in [-0.39, 0.29) is 22.5 Å². The third-order valence-electron chi connectivity index (χ3n) is 4.11. The standard InChI is InChI=1S/C18H20F2N4O2S/c1-23(2)15-9-21-10-16(22-15)26-12-7-8-24(11-12)17(25)13-5-3-4-6-14(13)27-18(19)20/h3-6,9-10,12,18H,7-8,11H2,1-2H3. The van der Waals surface area contributed by atoms with Crippen LogP contribution in [-0.2, 0) is 0 Å². The zero-order valence-electron chi connectivity index (χ0n) is 15.0. The van der Waals surface area contributed by atoms with Gasteiger partial charge >= 0.3 is 0 Å². The number of likely N-dealkylation sites (tertiary alicyclic amines) is 1. The molecule has 0 spiro atoms. The van der Waals surface area contributed by atoms with Crippen LogP contribution in [0.4, 0.5) is 14.6 Å². The molecule has 0 aliphatic carbocycles. The smallest absolute Gasteiger partial charge is 0.288 e. The average Bonchev–Trinajstić information content (AvgIpc) is 3.10. The lowest BCUT2D eigenvalue weighted by molar-refractivity contribution is 0.0767. The van der Waals surface area contributed by atoms with Crippen molar-refractivity contribution in [2.75, 3.05) is 32.1 Å². The minimum Gasteiger partial charge on any atom is -0.471 e. The Hall–Kier alpha value is -2.42. The number of anilines is 1. The Balaban J connectivity index is 1.66. The van der Waals surface area contributed by atoms with Crippen LogP contribution in [0.5, 0.6) is 5.88 Å². The summed E-state index contributed by atoms with van der Waals surface area (Å²) in [6, 6.07) is 6.44. The molecule has 6 nitrogen and oxygen atoms in total. The second-order valence-corrected chi connectivity index (χ2v) is 7.30. The van der Waals surface area contributed by atoms with Gasteiger partial charge in [-0.05, 0) is 12.1 Å². The van der Waals surface area contributed by atoms with Gasteiger partial charge in [0.05, 0.1) is 24.5 Å². The first-order valence-corrected chi connectivity index (χ1v) is 9.31. The highest BCUT2D eigenvalue weighted by molar-refractivity contribution is 7.99. The number of carbonyl (C=O) groups is 1. The van der Waals surface area contributed by atoms with Gasteiger partial charge in [0, 0.05) is 32.0 Å². The summed E-state index contributed by atoms with van der Waals surface area (Å²) in [5.41, 5.74) is 0.290. The first-order chi connectivity index (χ1) is 12.9. The number of benzene rings is 1. The fourth-order valence-corrected chi connectivity index (χ4v) is 3.43. The van der Waals surface area contributed by atoms with Crippen LogP contribution < -0.4 is 9.64 Å². The molecule has 1 aromatic carbocycles. The Kier molecular flexibility index (Phi) is 6.10. The number of halogens is 2. The van der Waals surface area contributed by atoms with Crippen molar-refractivity contribution in [3.05, 3.63) is 42.2 Å². The van der Waals surface area contributed by atoms with Crippen LogP contribution in [0.25, 0.3) is 0 Å². The van der Waals surface area contributed by atoms with E-state index in [9.17, 15) is 13.6 Å². The number of thioether (sulfide) groups is 1. The van der Waals surface area contributed by atoms with Gasteiger partial charge in [0.2, 0.25) is 5.88 Å². The molecule has 0 saturated carbocycles. The monoisotopic (exact) mass is 394 g/mol. The average molecular weight is 394 g/mol. The van der Waals surface area contributed by atoms with Crippen LogP contribution in [0.3, 0.4) is 0 Å². The predicted molar refractivity (Wildman–Crippen MR) is 99.6 cm³/mol. The summed E-state index contributed by atoms with van der Waals surface area (Å²) in [7, 11) is 3.72. The van der Waals surface area contributed by atoms with Crippen molar-refractivity contribution in [1.82, 2.24) is 14.9 Å². The minimum atomic E-state index is -2.57. The Morgan fingerprint density at radius 3 is 2.85 bits per heavy atom. The van der Waals surface area contributed by atoms with Crippen LogP contribution in [0.1, 0.15) is 16.8 Å². The van der Waals surface area contributed by atoms with Crippen LogP contribution in [0.2, 0.25) is 0 Å². The number of amides is 1. The summed E-state index contributed by atoms with van der Waals surface area (Å²) in [4.78, 5) is 25.0. The molecule has 27 heavy (non-hydrogen) atoms. The van der Waals surface area contributed by atoms with Gasteiger partial charge < -0.3 is 14.5 Å². The molecule has 1 aromatic heterocycles. The number of hydrogen-bond donors (Lipinski definition) is 0. The van der Waals surface area contributed by atoms with Crippen molar-refractivity contribution in [3.63, 3.8) is 0 Å². The normalized spacial score (nSPS) is 16.6. The fraction of sp³-hybridized carbons (Fsp3) is 0.389. The lowest BCUT2D eigenvalue weighted by Crippen LogP contribution is -2.31. The second kappa shape index (κ2) is 8.51. The van der Waals surface area contributed by atoms with E-state index in [1.54, 1.807) is 29.3 Å². The first kappa shape index (κ1) is 19.3. The second-order valence-electron chi connectivity index (χ2n) is 6.26. The number of nitrogens with zero attached hydrogens (tertiary/aromatic N) is 4. The third kappa shape index (κ3) is 4.85. The Labute approximate surface area is 160 Å². The maximum Gasteiger partial charge on any atom is 0.288 e. The zero-order chi connectivity index (χ0) is 19.4. The number of alkyl halides is 2. The molecule has 0 N–H and O–H groups in total. The van der Waals surface area contributed by atoms with E-state index < -0.39 is 5.76 Å². The number of rotatable bonds is 6. The van der Waals surface area contributed by atoms with Gasteiger partial charge in [-0.25, -0.2) is 0 Å². The van der Waals surface area contributed by atoms with Gasteiger partial charge in [-0.15, -0.1) is 0 Å². The van der Waals surface area contributed by atoms with Crippen molar-refractivity contribution in [2.24, 2.45) is 0 Å². The molecule has 1 fully saturated rings. The Morgan fingerprint density at radius 1 is 1.33 bits per heavy atom. The van der Waals surface area contributed by atoms with E-state index >= 15 is 0 Å². The molecular weight excluding hydrogens is 374 g/mol. The SMILES string of the molecule is CN(C)c1cncc(OC2CCN(C(=O)c3ccccc3SC(F)F)C2)n1. The van der Waals surface area contributed by atoms with Crippen LogP contribution >= 0.6 is 11.8 Å². The summed E-state index contributed by atoms with van der Waals surface area (Å²) in [6.45, 7) is 0.873. The van der Waals surface area contributed by atoms with E-state index in [2.05, 4.69) is 9.97 Å². The van der Waals surface area contributed by atoms with Gasteiger partial charge in [-0.3, -0.25) is 9.78 Å². The van der Waals surface area contributed by atoms with E-state index in [0.717, 1.165) is 0 Å². The molecule has 0 bridgehead atoms. The summed E-state index contributed by atoms with van der Waals surface area (Å²) in [5, 5.41) is 0. The summed E-state index contributed by atoms with van der Waals surface area (Å²) in [6.07, 6.45) is 3.60. The van der Waals surface area contributed by atoms with Gasteiger partial charge in [-0.1, -0.05) is 23.9 Å². The van der Waals surface area contributed by atoms with Crippen molar-refractivity contribution in [1.29, 1.82) is 0 Å². The number of hydrogen-bond acceptors (Lipinski definition) is 6. The van der Waals surface area contributed by atoms with Crippen molar-refractivity contribution in [2.45, 2.75) is 23.2 Å². The Morgan fingerprint density at radius 2 is 2.11 bits per heavy atom. The molecule has 1 aliphatic heterocycles. The minimum absolute atomic E-state index is 0.212. The topological polar surface area (TPSA) is 58.6 Å². The third-order valence-corrected chi connectivity index (χ3v) is 4.90. The molecule has 3 rings (SSSR count). The molecule has 2 heterocycles. The van der Waals surface area contributed by atoms with Gasteiger partial charge in [0.25, 0.3) is 11.7 Å². The lowest BCUT2D eigenvalue weighted by atomic mass is 10.2. The maximum absolute atomic E-state index is 12.8. The van der Waals surface area contributed by atoms with Gasteiger partial charge in [0.1, 0.15) is 6.10 Å². The van der Waals surface area contributed by atoms with Crippen LogP contribution in [0.15, 0.2) is 41.6 Å². The highest BCUT2D eigenvalue weighted by atomic mass is 32.2. The largest absolute Gasteiger partial charge is 0.471 e. The molecule has 1 atom stereocenters. The number of aromatic nitrogens is 2. The van der Waals surface area contributed by atoms with Gasteiger partial charge in [-0.2, -0.15) is 13.8 Å². The number of carbonyl (C=O) groups excluding carboxylic acids is 1. The molecule has 0 radical (unpaired) electrons. The zero-order valence-corrected chi connectivity index (χ0v) is 15.8. The van der Waals surface area contributed by atoms with Crippen molar-refractivity contribution >= 4 is 23.5 Å². The van der Waals surface area contributed by atoms with E-state index in [1.165, 1.54) is 12.3 Å². The summed E-state index contributed by atoms with van der Waals surface area (Å²) < 4.78 is 31.3. The predicted octanol–water partition coefficient (Wildman–Crippen LogP) is 3.15. The first-order valence-electron chi connectivity index (χ1n) is 8.43. The molecule has 9 heteroatoms. The quantitative estimate of drug-likeness (QED) is 0.702. The lowest BCUT2D eigenvalue weighted by Gasteiger charge is -2.19. The highest BCUT2D eigenvalue weighted by Gasteiger charge is 2.30. The Bertz CT molecular complexity index is 806. The molecule has 2 aromatic rings. The maximum atomic E-state index is 12.8. The molecule has 1 saturated heterocycles. The van der Waals surface area contributed by atoms with Crippen LogP contribution in [0, 0.1) is 0 Å². The highest BCUT2D eigenvalue weighted by Crippen LogP contribution is 2.30. The van der Waals surface area contributed by atoms with Crippen LogP contribution in [-0.4, -0.2) is 59.8 Å². The van der Waals surface area contributed by atoms with Crippen molar-refractivity contribution in [3.8, 4) is 5.88 Å². The molecule has 1 aliphatic rings. The molecule has 1 unspecified atom stereocenters. The van der Waals surface area contributed by atoms with E-state index in [1.807, 2.05) is 19.0 Å². The molecule has 1 amide bonds. The summed E-state index contributed by atoms with van der Waals surface area (Å²) in [5.74, 6) is -1.76. The fourth-order valence-electron chi connectivity index (χ4n) is 2.80. The van der Waals surface area contributed by atoms with Crippen molar-refractivity contribution < 1.29 is 18.3 Å². The number of ether oxygens (including phenoxy) is 1. The summed E-state index contributed by atoms with van der Waals surface area (Å²) >= 11 is 0.385. The molecule has 144 valence electrons.